The van der Waals surface area contributed by atoms with E-state index in [9.17, 15) is 21.6 Å². The van der Waals surface area contributed by atoms with E-state index in [1.807, 2.05) is 0 Å². The monoisotopic (exact) mass is 341 g/mol. The molecule has 8 heteroatoms. The minimum absolute atomic E-state index is 0.0205. The van der Waals surface area contributed by atoms with E-state index in [1.54, 1.807) is 0 Å². The Labute approximate surface area is 126 Å². The predicted octanol–water partition coefficient (Wildman–Crippen LogP) is 3.80. The van der Waals surface area contributed by atoms with E-state index >= 15 is 0 Å². The van der Waals surface area contributed by atoms with Crippen LogP contribution in [0, 0.1) is 5.92 Å². The molecule has 1 N–H and O–H groups in total. The number of rotatable bonds is 4. The van der Waals surface area contributed by atoms with Crippen LogP contribution in [-0.4, -0.2) is 25.8 Å². The smallest absolute Gasteiger partial charge is 0.384 e. The number of halogens is 4. The Balaban J connectivity index is 2.18. The molecule has 21 heavy (non-hydrogen) atoms. The molecule has 1 saturated carbocycles. The first-order valence-corrected chi connectivity index (χ1v) is 8.42. The summed E-state index contributed by atoms with van der Waals surface area (Å²) < 4.78 is 61.0. The van der Waals surface area contributed by atoms with Gasteiger partial charge in [0.2, 0.25) is 0 Å². The molecule has 1 aromatic carbocycles. The van der Waals surface area contributed by atoms with E-state index < -0.39 is 20.2 Å². The number of nitrogens with one attached hydrogen (secondary N) is 1. The first-order chi connectivity index (χ1) is 9.72. The minimum atomic E-state index is -5.35. The van der Waals surface area contributed by atoms with Crippen LogP contribution in [0.15, 0.2) is 29.2 Å². The largest absolute Gasteiger partial charge is 0.501 e. The molecule has 0 amide bonds. The van der Waals surface area contributed by atoms with Crippen molar-refractivity contribution in [2.75, 3.05) is 11.9 Å². The van der Waals surface area contributed by atoms with E-state index in [1.165, 1.54) is 18.2 Å². The van der Waals surface area contributed by atoms with Gasteiger partial charge in [0, 0.05) is 11.9 Å². The fourth-order valence-corrected chi connectivity index (χ4v) is 3.74. The molecule has 2 unspecified atom stereocenters. The van der Waals surface area contributed by atoms with Gasteiger partial charge < -0.3 is 5.32 Å². The molecular weight excluding hydrogens is 327 g/mol. The number of hydrogen-bond donors (Lipinski definition) is 1. The Morgan fingerprint density at radius 2 is 1.90 bits per heavy atom. The molecule has 2 atom stereocenters. The van der Waals surface area contributed by atoms with Gasteiger partial charge in [-0.2, -0.15) is 13.2 Å². The summed E-state index contributed by atoms with van der Waals surface area (Å²) in [4.78, 5) is -0.738. The van der Waals surface area contributed by atoms with Gasteiger partial charge in [-0.1, -0.05) is 12.1 Å². The van der Waals surface area contributed by atoms with Gasteiger partial charge in [-0.15, -0.1) is 11.6 Å². The zero-order valence-electron chi connectivity index (χ0n) is 11.0. The second-order valence-corrected chi connectivity index (χ2v) is 7.63. The third-order valence-electron chi connectivity index (χ3n) is 3.54. The lowest BCUT2D eigenvalue weighted by molar-refractivity contribution is -0.0435. The maximum Gasteiger partial charge on any atom is 0.501 e. The third-order valence-corrected chi connectivity index (χ3v) is 5.48. The molecule has 0 bridgehead atoms. The van der Waals surface area contributed by atoms with Gasteiger partial charge in [0.25, 0.3) is 9.84 Å². The highest BCUT2D eigenvalue weighted by Gasteiger charge is 2.47. The summed E-state index contributed by atoms with van der Waals surface area (Å²) >= 11 is 5.98. The van der Waals surface area contributed by atoms with Crippen molar-refractivity contribution < 1.29 is 21.6 Å². The van der Waals surface area contributed by atoms with Crippen molar-refractivity contribution >= 4 is 27.1 Å². The molecule has 3 nitrogen and oxygen atoms in total. The summed E-state index contributed by atoms with van der Waals surface area (Å²) in [6, 6.07) is 5.07. The summed E-state index contributed by atoms with van der Waals surface area (Å²) in [5, 5.41) is 2.90. The second kappa shape index (κ2) is 6.04. The van der Waals surface area contributed by atoms with Crippen LogP contribution in [-0.2, 0) is 9.84 Å². The van der Waals surface area contributed by atoms with E-state index in [2.05, 4.69) is 5.32 Å². The van der Waals surface area contributed by atoms with Crippen molar-refractivity contribution in [2.24, 2.45) is 5.92 Å². The average molecular weight is 342 g/mol. The first kappa shape index (κ1) is 16.4. The van der Waals surface area contributed by atoms with Crippen molar-refractivity contribution in [3.8, 4) is 0 Å². The molecule has 1 aliphatic rings. The Kier molecular flexibility index (Phi) is 4.72. The zero-order chi connectivity index (χ0) is 15.7. The molecule has 1 aromatic rings. The van der Waals surface area contributed by atoms with Gasteiger partial charge in [0.15, 0.2) is 0 Å². The van der Waals surface area contributed by atoms with E-state index in [-0.39, 0.29) is 17.0 Å². The van der Waals surface area contributed by atoms with Crippen molar-refractivity contribution in [3.05, 3.63) is 24.3 Å². The van der Waals surface area contributed by atoms with E-state index in [0.717, 1.165) is 25.3 Å². The van der Waals surface area contributed by atoms with Gasteiger partial charge in [-0.05, 0) is 37.3 Å². The number of benzene rings is 1. The fraction of sp³-hybridized carbons (Fsp3) is 0.538. The molecular formula is C13H15ClF3NO2S. The molecule has 0 saturated heterocycles. The summed E-state index contributed by atoms with van der Waals surface area (Å²) in [6.45, 7) is 0.410. The molecule has 1 fully saturated rings. The molecule has 118 valence electrons. The summed E-state index contributed by atoms with van der Waals surface area (Å²) in [5.74, 6) is 0.245. The summed E-state index contributed by atoms with van der Waals surface area (Å²) in [7, 11) is -5.35. The normalized spacial score (nSPS) is 23.2. The molecule has 0 spiro atoms. The minimum Gasteiger partial charge on any atom is -0.384 e. The SMILES string of the molecule is O=S(=O)(c1ccccc1NCC1CCC(Cl)C1)C(F)(F)F. The van der Waals surface area contributed by atoms with Crippen LogP contribution >= 0.6 is 11.6 Å². The van der Waals surface area contributed by atoms with E-state index in [0.29, 0.717) is 6.54 Å². The fourth-order valence-electron chi connectivity index (χ4n) is 2.43. The van der Waals surface area contributed by atoms with Crippen molar-refractivity contribution in [1.29, 1.82) is 0 Å². The number of hydrogen-bond acceptors (Lipinski definition) is 3. The van der Waals surface area contributed by atoms with Gasteiger partial charge in [0.05, 0.1) is 10.6 Å². The predicted molar refractivity (Wildman–Crippen MR) is 75.2 cm³/mol. The van der Waals surface area contributed by atoms with E-state index in [4.69, 9.17) is 11.6 Å². The quantitative estimate of drug-likeness (QED) is 0.847. The van der Waals surface area contributed by atoms with Crippen LogP contribution in [0.3, 0.4) is 0 Å². The number of sulfone groups is 1. The lowest BCUT2D eigenvalue weighted by Crippen LogP contribution is -2.25. The topological polar surface area (TPSA) is 46.2 Å². The first-order valence-electron chi connectivity index (χ1n) is 6.50. The second-order valence-electron chi connectivity index (χ2n) is 5.10. The molecule has 0 radical (unpaired) electrons. The lowest BCUT2D eigenvalue weighted by atomic mass is 10.1. The van der Waals surface area contributed by atoms with Crippen LogP contribution in [0.1, 0.15) is 19.3 Å². The zero-order valence-corrected chi connectivity index (χ0v) is 12.6. The van der Waals surface area contributed by atoms with Gasteiger partial charge >= 0.3 is 5.51 Å². The number of para-hydroxylation sites is 1. The Bertz CT molecular complexity index is 604. The highest BCUT2D eigenvalue weighted by Crippen LogP contribution is 2.35. The van der Waals surface area contributed by atoms with Crippen LogP contribution in [0.5, 0.6) is 0 Å². The number of anilines is 1. The van der Waals surface area contributed by atoms with Crippen molar-refractivity contribution in [3.63, 3.8) is 0 Å². The van der Waals surface area contributed by atoms with Crippen LogP contribution in [0.2, 0.25) is 0 Å². The molecule has 1 aliphatic carbocycles. The standard InChI is InChI=1S/C13H15ClF3NO2S/c14-10-6-5-9(7-10)8-18-11-3-1-2-4-12(11)21(19,20)13(15,16)17/h1-4,9-10,18H,5-8H2. The Morgan fingerprint density at radius 3 is 2.48 bits per heavy atom. The number of alkyl halides is 4. The average Bonchev–Trinajstić information content (AvgIpc) is 2.81. The van der Waals surface area contributed by atoms with Crippen LogP contribution in [0.25, 0.3) is 0 Å². The Hall–Kier alpha value is -0.950. The van der Waals surface area contributed by atoms with Gasteiger partial charge in [-0.3, -0.25) is 0 Å². The highest BCUT2D eigenvalue weighted by atomic mass is 35.5. The van der Waals surface area contributed by atoms with Crippen LogP contribution < -0.4 is 5.32 Å². The summed E-state index contributed by atoms with van der Waals surface area (Å²) in [6.07, 6.45) is 2.54. The summed E-state index contributed by atoms with van der Waals surface area (Å²) in [5.41, 5.74) is -5.33. The highest BCUT2D eigenvalue weighted by molar-refractivity contribution is 7.92. The maximum absolute atomic E-state index is 12.7. The van der Waals surface area contributed by atoms with Crippen LogP contribution in [0.4, 0.5) is 18.9 Å². The van der Waals surface area contributed by atoms with Gasteiger partial charge in [0.1, 0.15) is 0 Å². The maximum atomic E-state index is 12.7. The van der Waals surface area contributed by atoms with Crippen molar-refractivity contribution in [2.45, 2.75) is 35.0 Å². The molecule has 0 aliphatic heterocycles. The lowest BCUT2D eigenvalue weighted by Gasteiger charge is -2.16. The molecule has 2 rings (SSSR count). The van der Waals surface area contributed by atoms with Crippen molar-refractivity contribution in [1.82, 2.24) is 0 Å². The molecule has 0 heterocycles. The van der Waals surface area contributed by atoms with Gasteiger partial charge in [-0.25, -0.2) is 8.42 Å². The Morgan fingerprint density at radius 1 is 1.24 bits per heavy atom. The molecule has 0 aromatic heterocycles. The third kappa shape index (κ3) is 3.63.